The van der Waals surface area contributed by atoms with Crippen LogP contribution in [0.3, 0.4) is 0 Å². The number of nitrogens with one attached hydrogen (secondary N) is 1. The Bertz CT molecular complexity index is 682. The van der Waals surface area contributed by atoms with Gasteiger partial charge in [-0.15, -0.1) is 0 Å². The topological polar surface area (TPSA) is 118 Å². The fourth-order valence-corrected chi connectivity index (χ4v) is 1.81. The lowest BCUT2D eigenvalue weighted by Gasteiger charge is -2.13. The van der Waals surface area contributed by atoms with Crippen molar-refractivity contribution >= 4 is 11.5 Å². The molecule has 7 nitrogen and oxygen atoms in total. The Morgan fingerprint density at radius 1 is 1.43 bits per heavy atom. The smallest absolute Gasteiger partial charge is 0.312 e. The molecule has 106 valence electrons. The van der Waals surface area contributed by atoms with E-state index >= 15 is 0 Å². The maximum absolute atomic E-state index is 11.0. The number of rotatable bonds is 5. The van der Waals surface area contributed by atoms with Gasteiger partial charge in [-0.3, -0.25) is 10.1 Å². The van der Waals surface area contributed by atoms with Gasteiger partial charge < -0.3 is 11.1 Å². The molecule has 1 aromatic heterocycles. The normalized spacial score (nSPS) is 11.4. The van der Waals surface area contributed by atoms with E-state index in [9.17, 15) is 10.1 Å². The summed E-state index contributed by atoms with van der Waals surface area (Å²) < 4.78 is 0. The standard InChI is InChI=1S/C14H13N5O2/c15-7-10-6-13(19(20)21)14(17-8-10)18-9-12(16)11-4-2-1-3-5-11/h1-6,8,12H,9,16H2,(H,17,18). The Labute approximate surface area is 121 Å². The predicted molar refractivity (Wildman–Crippen MR) is 77.5 cm³/mol. The van der Waals surface area contributed by atoms with E-state index in [4.69, 9.17) is 11.0 Å². The van der Waals surface area contributed by atoms with Crippen LogP contribution in [-0.2, 0) is 0 Å². The van der Waals surface area contributed by atoms with Crippen molar-refractivity contribution < 1.29 is 4.92 Å². The molecule has 3 N–H and O–H groups in total. The van der Waals surface area contributed by atoms with Gasteiger partial charge in [0, 0.05) is 24.8 Å². The van der Waals surface area contributed by atoms with E-state index in [1.165, 1.54) is 12.3 Å². The average Bonchev–Trinajstić information content (AvgIpc) is 2.53. The molecule has 0 spiro atoms. The monoisotopic (exact) mass is 283 g/mol. The second-order valence-corrected chi connectivity index (χ2v) is 4.36. The first kappa shape index (κ1) is 14.4. The molecule has 1 aromatic carbocycles. The number of aromatic nitrogens is 1. The highest BCUT2D eigenvalue weighted by atomic mass is 16.6. The number of nitro groups is 1. The number of hydrogen-bond acceptors (Lipinski definition) is 6. The van der Waals surface area contributed by atoms with Gasteiger partial charge in [-0.25, -0.2) is 4.98 Å². The first-order chi connectivity index (χ1) is 10.1. The van der Waals surface area contributed by atoms with Gasteiger partial charge in [0.1, 0.15) is 6.07 Å². The zero-order chi connectivity index (χ0) is 15.2. The van der Waals surface area contributed by atoms with Gasteiger partial charge >= 0.3 is 5.69 Å². The van der Waals surface area contributed by atoms with Crippen LogP contribution < -0.4 is 11.1 Å². The van der Waals surface area contributed by atoms with Crippen LogP contribution in [-0.4, -0.2) is 16.5 Å². The number of nitrogens with zero attached hydrogens (tertiary/aromatic N) is 3. The molecule has 1 atom stereocenters. The summed E-state index contributed by atoms with van der Waals surface area (Å²) in [5.41, 5.74) is 6.83. The summed E-state index contributed by atoms with van der Waals surface area (Å²) >= 11 is 0. The maximum atomic E-state index is 11.0. The molecular weight excluding hydrogens is 270 g/mol. The average molecular weight is 283 g/mol. The quantitative estimate of drug-likeness (QED) is 0.639. The third-order valence-corrected chi connectivity index (χ3v) is 2.91. The van der Waals surface area contributed by atoms with E-state index < -0.39 is 4.92 Å². The van der Waals surface area contributed by atoms with Crippen LogP contribution in [0.15, 0.2) is 42.6 Å². The molecule has 0 aliphatic carbocycles. The molecule has 0 saturated heterocycles. The Hall–Kier alpha value is -2.98. The first-order valence-corrected chi connectivity index (χ1v) is 6.20. The Morgan fingerprint density at radius 3 is 2.76 bits per heavy atom. The lowest BCUT2D eigenvalue weighted by molar-refractivity contribution is -0.384. The van der Waals surface area contributed by atoms with Gasteiger partial charge in [0.2, 0.25) is 5.82 Å². The molecule has 0 radical (unpaired) electrons. The lowest BCUT2D eigenvalue weighted by atomic mass is 10.1. The molecule has 1 heterocycles. The van der Waals surface area contributed by atoms with Gasteiger partial charge in [0.05, 0.1) is 10.5 Å². The summed E-state index contributed by atoms with van der Waals surface area (Å²) in [4.78, 5) is 14.3. The van der Waals surface area contributed by atoms with Crippen LogP contribution in [0.1, 0.15) is 17.2 Å². The zero-order valence-corrected chi connectivity index (χ0v) is 11.1. The van der Waals surface area contributed by atoms with Gasteiger partial charge in [0.25, 0.3) is 0 Å². The molecule has 2 aromatic rings. The van der Waals surface area contributed by atoms with Crippen molar-refractivity contribution in [2.45, 2.75) is 6.04 Å². The molecular formula is C14H13N5O2. The van der Waals surface area contributed by atoms with Crippen molar-refractivity contribution in [3.8, 4) is 6.07 Å². The summed E-state index contributed by atoms with van der Waals surface area (Å²) in [7, 11) is 0. The highest BCUT2D eigenvalue weighted by molar-refractivity contribution is 5.58. The van der Waals surface area contributed by atoms with Crippen molar-refractivity contribution in [2.24, 2.45) is 5.73 Å². The Morgan fingerprint density at radius 2 is 2.14 bits per heavy atom. The van der Waals surface area contributed by atoms with Crippen molar-refractivity contribution in [1.82, 2.24) is 4.98 Å². The van der Waals surface area contributed by atoms with Gasteiger partial charge in [-0.2, -0.15) is 5.26 Å². The molecule has 7 heteroatoms. The summed E-state index contributed by atoms with van der Waals surface area (Å²) in [6.07, 6.45) is 1.28. The summed E-state index contributed by atoms with van der Waals surface area (Å²) in [6, 6.07) is 12.1. The molecule has 0 saturated carbocycles. The second kappa shape index (κ2) is 6.45. The molecule has 0 aliphatic heterocycles. The minimum absolute atomic E-state index is 0.102. The zero-order valence-electron chi connectivity index (χ0n) is 11.1. The summed E-state index contributed by atoms with van der Waals surface area (Å²) in [5.74, 6) is 0.102. The predicted octanol–water partition coefficient (Wildman–Crippen LogP) is 1.97. The highest BCUT2D eigenvalue weighted by Crippen LogP contribution is 2.23. The third kappa shape index (κ3) is 3.52. The van der Waals surface area contributed by atoms with E-state index in [0.29, 0.717) is 6.54 Å². The van der Waals surface area contributed by atoms with Crippen LogP contribution in [0.2, 0.25) is 0 Å². The molecule has 0 fully saturated rings. The molecule has 2 rings (SSSR count). The number of benzene rings is 1. The van der Waals surface area contributed by atoms with E-state index in [1.54, 1.807) is 0 Å². The maximum Gasteiger partial charge on any atom is 0.312 e. The Kier molecular flexibility index (Phi) is 4.43. The van der Waals surface area contributed by atoms with Crippen LogP contribution in [0, 0.1) is 21.4 Å². The fraction of sp³-hybridized carbons (Fsp3) is 0.143. The number of anilines is 1. The van der Waals surface area contributed by atoms with Crippen LogP contribution in [0.4, 0.5) is 11.5 Å². The van der Waals surface area contributed by atoms with Crippen LogP contribution >= 0.6 is 0 Å². The number of nitrogens with two attached hydrogens (primary N) is 1. The van der Waals surface area contributed by atoms with Crippen LogP contribution in [0.25, 0.3) is 0 Å². The second-order valence-electron chi connectivity index (χ2n) is 4.36. The minimum atomic E-state index is -0.579. The first-order valence-electron chi connectivity index (χ1n) is 6.20. The number of hydrogen-bond donors (Lipinski definition) is 2. The van der Waals surface area contributed by atoms with Gasteiger partial charge in [-0.05, 0) is 5.56 Å². The fourth-order valence-electron chi connectivity index (χ4n) is 1.81. The van der Waals surface area contributed by atoms with E-state index in [2.05, 4.69) is 10.3 Å². The SMILES string of the molecule is N#Cc1cnc(NCC(N)c2ccccc2)c([N+](=O)[O-])c1. The van der Waals surface area contributed by atoms with E-state index in [-0.39, 0.29) is 23.1 Å². The molecule has 0 bridgehead atoms. The molecule has 1 unspecified atom stereocenters. The molecule has 21 heavy (non-hydrogen) atoms. The lowest BCUT2D eigenvalue weighted by Crippen LogP contribution is -2.21. The highest BCUT2D eigenvalue weighted by Gasteiger charge is 2.17. The van der Waals surface area contributed by atoms with Gasteiger partial charge in [0.15, 0.2) is 0 Å². The van der Waals surface area contributed by atoms with Crippen LogP contribution in [0.5, 0.6) is 0 Å². The van der Waals surface area contributed by atoms with Gasteiger partial charge in [-0.1, -0.05) is 30.3 Å². The molecule has 0 aliphatic rings. The van der Waals surface area contributed by atoms with E-state index in [0.717, 1.165) is 5.56 Å². The molecule has 0 amide bonds. The summed E-state index contributed by atoms with van der Waals surface area (Å²) in [5, 5.41) is 22.6. The van der Waals surface area contributed by atoms with Crippen molar-refractivity contribution in [1.29, 1.82) is 5.26 Å². The van der Waals surface area contributed by atoms with Crippen molar-refractivity contribution in [3.63, 3.8) is 0 Å². The Balaban J connectivity index is 2.13. The minimum Gasteiger partial charge on any atom is -0.362 e. The third-order valence-electron chi connectivity index (χ3n) is 2.91. The van der Waals surface area contributed by atoms with Crippen molar-refractivity contribution in [3.05, 3.63) is 63.8 Å². The van der Waals surface area contributed by atoms with E-state index in [1.807, 2.05) is 36.4 Å². The summed E-state index contributed by atoms with van der Waals surface area (Å²) in [6.45, 7) is 0.295. The largest absolute Gasteiger partial charge is 0.362 e. The number of nitriles is 1. The number of pyridine rings is 1. The van der Waals surface area contributed by atoms with Crippen molar-refractivity contribution in [2.75, 3.05) is 11.9 Å².